The lowest BCUT2D eigenvalue weighted by Gasteiger charge is -2.35. The second-order valence-electron chi connectivity index (χ2n) is 12.0. The fourth-order valence-electron chi connectivity index (χ4n) is 6.43. The number of esters is 1. The predicted molar refractivity (Wildman–Crippen MR) is 167 cm³/mol. The maximum Gasteiger partial charge on any atom is 0.323 e. The number of amides is 1. The molecule has 5 heterocycles. The van der Waals surface area contributed by atoms with E-state index in [2.05, 4.69) is 16.1 Å². The molecule has 0 saturated carbocycles. The number of nitriles is 1. The number of nitrogens with one attached hydrogen (secondary N) is 2. The first-order valence-electron chi connectivity index (χ1n) is 15.0. The van der Waals surface area contributed by atoms with Crippen LogP contribution in [-0.4, -0.2) is 84.4 Å². The van der Waals surface area contributed by atoms with Crippen molar-refractivity contribution in [2.24, 2.45) is 5.92 Å². The first-order chi connectivity index (χ1) is 21.5. The number of anilines is 2. The van der Waals surface area contributed by atoms with E-state index in [9.17, 15) is 23.3 Å². The summed E-state index contributed by atoms with van der Waals surface area (Å²) < 4.78 is 33.9. The largest absolute Gasteiger partial charge is 0.458 e. The molecule has 0 bridgehead atoms. The van der Waals surface area contributed by atoms with Gasteiger partial charge >= 0.3 is 5.97 Å². The minimum atomic E-state index is -3.63. The maximum absolute atomic E-state index is 13.9. The molecule has 238 valence electrons. The molecule has 3 saturated heterocycles. The molecule has 6 rings (SSSR count). The van der Waals surface area contributed by atoms with Crippen LogP contribution >= 0.6 is 11.6 Å². The molecular formula is C30H35ClN8O5S. The second kappa shape index (κ2) is 12.5. The van der Waals surface area contributed by atoms with Crippen molar-refractivity contribution in [3.05, 3.63) is 52.3 Å². The van der Waals surface area contributed by atoms with Crippen molar-refractivity contribution in [2.75, 3.05) is 42.1 Å². The van der Waals surface area contributed by atoms with Crippen LogP contribution < -0.4 is 14.9 Å². The molecule has 13 nitrogen and oxygen atoms in total. The van der Waals surface area contributed by atoms with Gasteiger partial charge in [-0.1, -0.05) is 11.6 Å². The van der Waals surface area contributed by atoms with E-state index in [0.29, 0.717) is 48.2 Å². The number of carbonyl (C=O) groups excluding carboxylic acids is 2. The fraction of sp³-hybridized carbons (Fsp3) is 0.500. The molecule has 3 aliphatic heterocycles. The zero-order chi connectivity index (χ0) is 31.9. The molecule has 3 aromatic rings. The van der Waals surface area contributed by atoms with Crippen LogP contribution in [0.1, 0.15) is 59.8 Å². The summed E-state index contributed by atoms with van der Waals surface area (Å²) in [6, 6.07) is 7.96. The monoisotopic (exact) mass is 654 g/mol. The molecule has 15 heteroatoms. The van der Waals surface area contributed by atoms with Crippen molar-refractivity contribution < 1.29 is 22.7 Å². The Morgan fingerprint density at radius 2 is 2.00 bits per heavy atom. The Morgan fingerprint density at radius 3 is 2.73 bits per heavy atom. The predicted octanol–water partition coefficient (Wildman–Crippen LogP) is 3.05. The zero-order valence-corrected chi connectivity index (χ0v) is 26.6. The molecule has 3 fully saturated rings. The summed E-state index contributed by atoms with van der Waals surface area (Å²) in [6.07, 6.45) is 6.35. The molecule has 0 radical (unpaired) electrons. The van der Waals surface area contributed by atoms with Crippen LogP contribution in [0.2, 0.25) is 5.02 Å². The van der Waals surface area contributed by atoms with Crippen molar-refractivity contribution in [1.82, 2.24) is 24.8 Å². The minimum Gasteiger partial charge on any atom is -0.458 e. The third kappa shape index (κ3) is 6.56. The highest BCUT2D eigenvalue weighted by Gasteiger charge is 2.39. The van der Waals surface area contributed by atoms with E-state index in [1.807, 2.05) is 24.1 Å². The van der Waals surface area contributed by atoms with Crippen molar-refractivity contribution >= 4 is 50.7 Å². The van der Waals surface area contributed by atoms with E-state index in [-0.39, 0.29) is 35.2 Å². The number of benzene rings is 1. The molecule has 1 aromatic carbocycles. The van der Waals surface area contributed by atoms with Gasteiger partial charge in [0, 0.05) is 35.9 Å². The van der Waals surface area contributed by atoms with E-state index in [1.54, 1.807) is 9.42 Å². The Bertz CT molecular complexity index is 1780. The van der Waals surface area contributed by atoms with Crippen LogP contribution in [0.3, 0.4) is 0 Å². The number of halogens is 1. The van der Waals surface area contributed by atoms with Crippen LogP contribution in [0.15, 0.2) is 30.5 Å². The first-order valence-corrected chi connectivity index (χ1v) is 17.3. The number of aromatic nitrogens is 3. The van der Waals surface area contributed by atoms with Crippen molar-refractivity contribution in [2.45, 2.75) is 57.2 Å². The van der Waals surface area contributed by atoms with Crippen LogP contribution in [0.5, 0.6) is 0 Å². The third-order valence-electron chi connectivity index (χ3n) is 8.58. The Hall–Kier alpha value is -3.93. The molecule has 0 spiro atoms. The number of likely N-dealkylation sites (tertiary alicyclic amines) is 1. The smallest absolute Gasteiger partial charge is 0.323 e. The van der Waals surface area contributed by atoms with Gasteiger partial charge in [-0.3, -0.25) is 14.3 Å². The number of piperidine rings is 1. The minimum absolute atomic E-state index is 0.165. The molecule has 1 unspecified atom stereocenters. The normalized spacial score (nSPS) is 23.7. The molecule has 2 aromatic heterocycles. The number of sulfonamides is 1. The number of hydrogen-bond donors (Lipinski definition) is 2. The Labute approximate surface area is 266 Å². The molecular weight excluding hydrogens is 620 g/mol. The lowest BCUT2D eigenvalue weighted by molar-refractivity contribution is -0.151. The highest BCUT2D eigenvalue weighted by atomic mass is 35.5. The molecule has 4 atom stereocenters. The van der Waals surface area contributed by atoms with Gasteiger partial charge in [-0.15, -0.1) is 0 Å². The Morgan fingerprint density at radius 1 is 1.18 bits per heavy atom. The fourth-order valence-corrected chi connectivity index (χ4v) is 7.18. The van der Waals surface area contributed by atoms with E-state index in [1.165, 1.54) is 18.2 Å². The lowest BCUT2D eigenvalue weighted by Crippen LogP contribution is -2.39. The summed E-state index contributed by atoms with van der Waals surface area (Å²) in [5, 5.41) is 18.1. The van der Waals surface area contributed by atoms with Gasteiger partial charge in [0.15, 0.2) is 5.65 Å². The van der Waals surface area contributed by atoms with E-state index >= 15 is 0 Å². The molecule has 1 amide bonds. The summed E-state index contributed by atoms with van der Waals surface area (Å²) in [5.74, 6) is -0.464. The van der Waals surface area contributed by atoms with Crippen LogP contribution in [-0.2, 0) is 19.6 Å². The number of hydrogen-bond acceptors (Lipinski definition) is 10. The Balaban J connectivity index is 1.25. The van der Waals surface area contributed by atoms with E-state index < -0.39 is 22.0 Å². The summed E-state index contributed by atoms with van der Waals surface area (Å²) in [7, 11) is -3.63. The lowest BCUT2D eigenvalue weighted by atomic mass is 9.98. The van der Waals surface area contributed by atoms with Gasteiger partial charge in [-0.25, -0.2) is 17.9 Å². The van der Waals surface area contributed by atoms with Gasteiger partial charge in [-0.2, -0.15) is 10.4 Å². The third-order valence-corrected chi connectivity index (χ3v) is 9.41. The second-order valence-corrected chi connectivity index (χ2v) is 14.1. The number of carbonyl (C=O) groups is 2. The standard InChI is InChI=1S/C30H35ClN8O5S/c1-18-15-39-27(34-28(18)37-16-19(14-32)26(17-37)44-30(41)23-6-5-10-33-23)13-24(35-39)25-7-3-4-11-38(25)29(40)21-12-20(31)8-9-22(21)36-45(2,42)43/h8-9,12-13,15,19,23,25-26,33,36H,3-7,10-11,16-17H2,1-2H3/t19-,23?,25+,26+/m1/s1. The number of fused-ring (bicyclic) bond motifs is 1. The average molecular weight is 655 g/mol. The summed E-state index contributed by atoms with van der Waals surface area (Å²) in [4.78, 5) is 35.1. The SMILES string of the molecule is Cc1cn2nc([C@@H]3CCCCN3C(=O)c3cc(Cl)ccc3NS(C)(=O)=O)cc2nc1N1C[C@@H](C#N)[C@@H](OC(=O)C2CCCN2)C1. The molecule has 2 N–H and O–H groups in total. The summed E-state index contributed by atoms with van der Waals surface area (Å²) in [6.45, 7) is 3.91. The van der Waals surface area contributed by atoms with Gasteiger partial charge in [0.25, 0.3) is 5.91 Å². The van der Waals surface area contributed by atoms with Crippen molar-refractivity contribution in [3.8, 4) is 6.07 Å². The quantitative estimate of drug-likeness (QED) is 0.362. The number of aryl methyl sites for hydroxylation is 1. The van der Waals surface area contributed by atoms with Gasteiger partial charge in [0.1, 0.15) is 23.9 Å². The summed E-state index contributed by atoms with van der Waals surface area (Å²) >= 11 is 6.22. The van der Waals surface area contributed by atoms with Crippen molar-refractivity contribution in [1.29, 1.82) is 5.26 Å². The van der Waals surface area contributed by atoms with Gasteiger partial charge < -0.3 is 19.9 Å². The summed E-state index contributed by atoms with van der Waals surface area (Å²) in [5.41, 5.74) is 2.41. The molecule has 3 aliphatic rings. The number of nitrogens with zero attached hydrogens (tertiary/aromatic N) is 6. The van der Waals surface area contributed by atoms with Gasteiger partial charge in [0.05, 0.1) is 41.9 Å². The Kier molecular flexibility index (Phi) is 8.60. The van der Waals surface area contributed by atoms with Crippen molar-refractivity contribution in [3.63, 3.8) is 0 Å². The van der Waals surface area contributed by atoms with Gasteiger partial charge in [-0.05, 0) is 63.8 Å². The molecule has 0 aliphatic carbocycles. The number of rotatable bonds is 7. The van der Waals surface area contributed by atoms with E-state index in [4.69, 9.17) is 26.4 Å². The first kappa shape index (κ1) is 31.1. The topological polar surface area (TPSA) is 162 Å². The molecule has 45 heavy (non-hydrogen) atoms. The van der Waals surface area contributed by atoms with Crippen LogP contribution in [0, 0.1) is 24.2 Å². The number of ether oxygens (including phenoxy) is 1. The zero-order valence-electron chi connectivity index (χ0n) is 25.1. The highest BCUT2D eigenvalue weighted by molar-refractivity contribution is 7.92. The van der Waals surface area contributed by atoms with Crippen LogP contribution in [0.25, 0.3) is 5.65 Å². The highest BCUT2D eigenvalue weighted by Crippen LogP contribution is 2.35. The van der Waals surface area contributed by atoms with Crippen LogP contribution in [0.4, 0.5) is 11.5 Å². The van der Waals surface area contributed by atoms with E-state index in [0.717, 1.165) is 44.0 Å². The maximum atomic E-state index is 13.9. The van der Waals surface area contributed by atoms with Gasteiger partial charge in [0.2, 0.25) is 10.0 Å². The average Bonchev–Trinajstić information content (AvgIpc) is 3.77.